The molecule has 78 valence electrons. The largest absolute Gasteiger partial charge is 0.366 e. The summed E-state index contributed by atoms with van der Waals surface area (Å²) in [5, 5.41) is 0. The van der Waals surface area contributed by atoms with Crippen LogP contribution in [0.15, 0.2) is 12.1 Å². The number of rotatable bonds is 1. The van der Waals surface area contributed by atoms with Crippen molar-refractivity contribution in [1.82, 2.24) is 4.98 Å². The number of likely N-dealkylation sites (N-methyl/N-ethyl adjacent to an activating group) is 1. The number of aromatic nitrogens is 1. The lowest BCUT2D eigenvalue weighted by Gasteiger charge is -2.34. The fourth-order valence-corrected chi connectivity index (χ4v) is 2.48. The third-order valence-electron chi connectivity index (χ3n) is 3.38. The molecule has 0 saturated carbocycles. The summed E-state index contributed by atoms with van der Waals surface area (Å²) in [6, 6.07) is 4.36. The van der Waals surface area contributed by atoms with Gasteiger partial charge in [0.25, 0.3) is 0 Å². The second kappa shape index (κ2) is 2.95. The number of hydrogen-bond donors (Lipinski definition) is 0. The van der Waals surface area contributed by atoms with Crippen molar-refractivity contribution < 1.29 is 4.79 Å². The molecule has 1 unspecified atom stereocenters. The number of pyridine rings is 1. The molecule has 1 fully saturated rings. The molecule has 0 aliphatic carbocycles. The van der Waals surface area contributed by atoms with Gasteiger partial charge in [0.05, 0.1) is 5.69 Å². The number of carbonyl (C=O) groups excluding carboxylic acids is 1. The normalized spacial score (nSPS) is 22.9. The van der Waals surface area contributed by atoms with Gasteiger partial charge in [0.15, 0.2) is 12.1 Å². The zero-order valence-electron chi connectivity index (χ0n) is 8.68. The van der Waals surface area contributed by atoms with Gasteiger partial charge in [-0.05, 0) is 18.6 Å². The SMILES string of the molecule is CN1c2nc(C=O)ccc2N2CCC1C2. The fourth-order valence-electron chi connectivity index (χ4n) is 2.48. The summed E-state index contributed by atoms with van der Waals surface area (Å²) in [5.74, 6) is 0.952. The molecule has 2 aliphatic rings. The van der Waals surface area contributed by atoms with Crippen LogP contribution in [0.2, 0.25) is 0 Å². The maximum absolute atomic E-state index is 10.7. The fraction of sp³-hybridized carbons (Fsp3) is 0.455. The van der Waals surface area contributed by atoms with Crippen LogP contribution in [-0.4, -0.2) is 37.4 Å². The Bertz CT molecular complexity index is 418. The third-order valence-corrected chi connectivity index (χ3v) is 3.38. The first-order valence-corrected chi connectivity index (χ1v) is 5.23. The van der Waals surface area contributed by atoms with E-state index in [4.69, 9.17) is 0 Å². The molecule has 4 nitrogen and oxygen atoms in total. The molecule has 3 rings (SSSR count). The molecule has 0 N–H and O–H groups in total. The van der Waals surface area contributed by atoms with Gasteiger partial charge in [-0.25, -0.2) is 4.98 Å². The number of aldehydes is 1. The van der Waals surface area contributed by atoms with Gasteiger partial charge in [-0.15, -0.1) is 0 Å². The van der Waals surface area contributed by atoms with E-state index in [2.05, 4.69) is 21.8 Å². The minimum atomic E-state index is 0.517. The molecule has 1 aromatic rings. The highest BCUT2D eigenvalue weighted by Crippen LogP contribution is 2.37. The monoisotopic (exact) mass is 203 g/mol. The van der Waals surface area contributed by atoms with E-state index in [9.17, 15) is 4.79 Å². The molecule has 1 saturated heterocycles. The molecule has 3 heterocycles. The summed E-state index contributed by atoms with van der Waals surface area (Å²) >= 11 is 0. The second-order valence-corrected chi connectivity index (χ2v) is 4.20. The van der Waals surface area contributed by atoms with E-state index >= 15 is 0 Å². The highest BCUT2D eigenvalue weighted by molar-refractivity contribution is 5.78. The average Bonchev–Trinajstić information content (AvgIpc) is 2.72. The topological polar surface area (TPSA) is 36.4 Å². The zero-order chi connectivity index (χ0) is 10.4. The standard InChI is InChI=1S/C11H13N3O/c1-13-9-4-5-14(6-9)10-3-2-8(7-15)12-11(10)13/h2-3,7,9H,4-6H2,1H3. The Labute approximate surface area is 88.5 Å². The van der Waals surface area contributed by atoms with Gasteiger partial charge < -0.3 is 9.80 Å². The summed E-state index contributed by atoms with van der Waals surface area (Å²) in [5.41, 5.74) is 1.68. The summed E-state index contributed by atoms with van der Waals surface area (Å²) in [7, 11) is 2.06. The molecule has 2 aliphatic heterocycles. The number of nitrogens with zero attached hydrogens (tertiary/aromatic N) is 3. The van der Waals surface area contributed by atoms with Crippen LogP contribution < -0.4 is 9.80 Å². The van der Waals surface area contributed by atoms with Crippen LogP contribution in [0.3, 0.4) is 0 Å². The van der Waals surface area contributed by atoms with Crippen molar-refractivity contribution in [2.75, 3.05) is 29.9 Å². The van der Waals surface area contributed by atoms with Crippen LogP contribution in [0.4, 0.5) is 11.5 Å². The van der Waals surface area contributed by atoms with Crippen molar-refractivity contribution >= 4 is 17.8 Å². The van der Waals surface area contributed by atoms with Crippen molar-refractivity contribution in [2.24, 2.45) is 0 Å². The first kappa shape index (κ1) is 8.71. The van der Waals surface area contributed by atoms with E-state index < -0.39 is 0 Å². The molecular formula is C11H13N3O. The van der Waals surface area contributed by atoms with E-state index in [1.807, 2.05) is 6.07 Å². The van der Waals surface area contributed by atoms with Crippen molar-refractivity contribution in [3.05, 3.63) is 17.8 Å². The van der Waals surface area contributed by atoms with Crippen molar-refractivity contribution in [2.45, 2.75) is 12.5 Å². The van der Waals surface area contributed by atoms with Gasteiger partial charge in [-0.3, -0.25) is 4.79 Å². The highest BCUT2D eigenvalue weighted by Gasteiger charge is 2.34. The van der Waals surface area contributed by atoms with Crippen molar-refractivity contribution in [1.29, 1.82) is 0 Å². The van der Waals surface area contributed by atoms with Crippen LogP contribution in [0.1, 0.15) is 16.9 Å². The third kappa shape index (κ3) is 1.14. The lowest BCUT2D eigenvalue weighted by Crippen LogP contribution is -2.40. The zero-order valence-corrected chi connectivity index (χ0v) is 8.68. The van der Waals surface area contributed by atoms with Gasteiger partial charge in [0, 0.05) is 26.2 Å². The second-order valence-electron chi connectivity index (χ2n) is 4.20. The average molecular weight is 203 g/mol. The van der Waals surface area contributed by atoms with Gasteiger partial charge in [0.1, 0.15) is 5.69 Å². The quantitative estimate of drug-likeness (QED) is 0.636. The molecule has 1 atom stereocenters. The minimum Gasteiger partial charge on any atom is -0.366 e. The first-order chi connectivity index (χ1) is 7.29. The van der Waals surface area contributed by atoms with Crippen molar-refractivity contribution in [3.8, 4) is 0 Å². The van der Waals surface area contributed by atoms with E-state index in [1.54, 1.807) is 6.07 Å². The summed E-state index contributed by atoms with van der Waals surface area (Å²) in [4.78, 5) is 19.6. The maximum atomic E-state index is 10.7. The van der Waals surface area contributed by atoms with Gasteiger partial charge >= 0.3 is 0 Å². The van der Waals surface area contributed by atoms with Gasteiger partial charge in [-0.2, -0.15) is 0 Å². The van der Waals surface area contributed by atoms with Gasteiger partial charge in [-0.1, -0.05) is 0 Å². The maximum Gasteiger partial charge on any atom is 0.168 e. The van der Waals surface area contributed by atoms with Crippen LogP contribution in [0.5, 0.6) is 0 Å². The first-order valence-electron chi connectivity index (χ1n) is 5.23. The van der Waals surface area contributed by atoms with Crippen molar-refractivity contribution in [3.63, 3.8) is 0 Å². The molecule has 1 aromatic heterocycles. The highest BCUT2D eigenvalue weighted by atomic mass is 16.1. The summed E-state index contributed by atoms with van der Waals surface area (Å²) in [6.45, 7) is 2.19. The molecule has 0 radical (unpaired) electrons. The summed E-state index contributed by atoms with van der Waals surface area (Å²) < 4.78 is 0. The minimum absolute atomic E-state index is 0.517. The Balaban J connectivity index is 2.14. The Hall–Kier alpha value is -1.58. The van der Waals surface area contributed by atoms with Crippen LogP contribution >= 0.6 is 0 Å². The Morgan fingerprint density at radius 1 is 1.53 bits per heavy atom. The molecular weight excluding hydrogens is 190 g/mol. The molecule has 15 heavy (non-hydrogen) atoms. The lowest BCUT2D eigenvalue weighted by atomic mass is 10.2. The predicted octanol–water partition coefficient (Wildman–Crippen LogP) is 0.923. The number of anilines is 2. The smallest absolute Gasteiger partial charge is 0.168 e. The molecule has 4 heteroatoms. The number of carbonyl (C=O) groups is 1. The van der Waals surface area contributed by atoms with E-state index in [0.717, 1.165) is 30.9 Å². The van der Waals surface area contributed by atoms with Crippen LogP contribution in [0.25, 0.3) is 0 Å². The van der Waals surface area contributed by atoms with E-state index in [0.29, 0.717) is 11.7 Å². The summed E-state index contributed by atoms with van der Waals surface area (Å²) in [6.07, 6.45) is 1.99. The molecule has 0 aromatic carbocycles. The Kier molecular flexibility index (Phi) is 1.71. The van der Waals surface area contributed by atoms with Crippen LogP contribution in [0, 0.1) is 0 Å². The van der Waals surface area contributed by atoms with E-state index in [-0.39, 0.29) is 0 Å². The molecule has 2 bridgehead atoms. The van der Waals surface area contributed by atoms with Crippen LogP contribution in [-0.2, 0) is 0 Å². The predicted molar refractivity (Wildman–Crippen MR) is 58.6 cm³/mol. The molecule has 0 spiro atoms. The lowest BCUT2D eigenvalue weighted by molar-refractivity contribution is 0.111. The van der Waals surface area contributed by atoms with E-state index in [1.165, 1.54) is 6.42 Å². The Morgan fingerprint density at radius 3 is 3.20 bits per heavy atom. The molecule has 0 amide bonds. The van der Waals surface area contributed by atoms with Gasteiger partial charge in [0.2, 0.25) is 0 Å². The Morgan fingerprint density at radius 2 is 2.40 bits per heavy atom. The number of fused-ring (bicyclic) bond motifs is 4. The number of hydrogen-bond acceptors (Lipinski definition) is 4.